The Balaban J connectivity index is 3.05. The maximum Gasteiger partial charge on any atom is 0.107 e. The van der Waals surface area contributed by atoms with Gasteiger partial charge in [0.15, 0.2) is 0 Å². The van der Waals surface area contributed by atoms with Gasteiger partial charge in [-0.25, -0.2) is 0 Å². The Labute approximate surface area is 82.1 Å². The van der Waals surface area contributed by atoms with Crippen LogP contribution in [0.4, 0.5) is 0 Å². The summed E-state index contributed by atoms with van der Waals surface area (Å²) in [5.41, 5.74) is 0. The van der Waals surface area contributed by atoms with E-state index in [1.165, 1.54) is 6.42 Å². The lowest BCUT2D eigenvalue weighted by atomic mass is 10.2. The maximum atomic E-state index is 5.33. The molecule has 0 aromatic carbocycles. The summed E-state index contributed by atoms with van der Waals surface area (Å²) in [7, 11) is 1.97. The highest BCUT2D eigenvalue weighted by molar-refractivity contribution is 5.01. The van der Waals surface area contributed by atoms with E-state index in [9.17, 15) is 0 Å². The van der Waals surface area contributed by atoms with Crippen LogP contribution in [0.1, 0.15) is 26.7 Å². The van der Waals surface area contributed by atoms with Crippen molar-refractivity contribution in [3.8, 4) is 11.8 Å². The predicted octanol–water partition coefficient (Wildman–Crippen LogP) is 1.66. The van der Waals surface area contributed by atoms with Gasteiger partial charge in [-0.05, 0) is 26.4 Å². The number of nitrogens with one attached hydrogen (secondary N) is 1. The fourth-order valence-electron chi connectivity index (χ4n) is 0.875. The Hall–Kier alpha value is -0.520. The number of hydrogen-bond acceptors (Lipinski definition) is 2. The van der Waals surface area contributed by atoms with Crippen LogP contribution in [0, 0.1) is 17.8 Å². The molecule has 0 atom stereocenters. The zero-order valence-corrected chi connectivity index (χ0v) is 9.02. The lowest BCUT2D eigenvalue weighted by molar-refractivity contribution is 0.162. The van der Waals surface area contributed by atoms with Crippen molar-refractivity contribution in [3.63, 3.8) is 0 Å². The van der Waals surface area contributed by atoms with E-state index in [1.807, 2.05) is 7.05 Å². The van der Waals surface area contributed by atoms with E-state index >= 15 is 0 Å². The van der Waals surface area contributed by atoms with Gasteiger partial charge in [-0.1, -0.05) is 25.7 Å². The predicted molar refractivity (Wildman–Crippen MR) is 56.6 cm³/mol. The molecule has 0 rings (SSSR count). The highest BCUT2D eigenvalue weighted by Crippen LogP contribution is 1.88. The van der Waals surface area contributed by atoms with Crippen LogP contribution in [0.2, 0.25) is 0 Å². The molecule has 2 nitrogen and oxygen atoms in total. The number of hydrogen-bond donors (Lipinski definition) is 1. The molecule has 0 saturated carbocycles. The van der Waals surface area contributed by atoms with Crippen LogP contribution < -0.4 is 5.32 Å². The molecule has 0 aliphatic carbocycles. The minimum absolute atomic E-state index is 0.452. The van der Waals surface area contributed by atoms with Crippen molar-refractivity contribution in [1.82, 2.24) is 5.32 Å². The normalized spacial score (nSPS) is 9.85. The van der Waals surface area contributed by atoms with Gasteiger partial charge in [-0.2, -0.15) is 0 Å². The van der Waals surface area contributed by atoms with Gasteiger partial charge in [-0.3, -0.25) is 0 Å². The summed E-state index contributed by atoms with van der Waals surface area (Å²) in [4.78, 5) is 0. The van der Waals surface area contributed by atoms with Crippen molar-refractivity contribution in [3.05, 3.63) is 0 Å². The average Bonchev–Trinajstić information content (AvgIpc) is 2.09. The third kappa shape index (κ3) is 11.5. The minimum Gasteiger partial charge on any atom is -0.369 e. The van der Waals surface area contributed by atoms with Gasteiger partial charge >= 0.3 is 0 Å². The molecule has 0 aliphatic heterocycles. The molecule has 0 spiro atoms. The van der Waals surface area contributed by atoms with E-state index in [0.29, 0.717) is 12.5 Å². The molecule has 0 saturated heterocycles. The first-order chi connectivity index (χ1) is 6.27. The lowest BCUT2D eigenvalue weighted by Crippen LogP contribution is -2.08. The Morgan fingerprint density at radius 1 is 1.31 bits per heavy atom. The summed E-state index contributed by atoms with van der Waals surface area (Å²) in [6.07, 6.45) is 2.29. The number of ether oxygens (including phenoxy) is 1. The number of unbranched alkanes of at least 4 members (excludes halogenated alkanes) is 1. The van der Waals surface area contributed by atoms with Crippen LogP contribution in [-0.2, 0) is 4.74 Å². The molecule has 0 aromatic heterocycles. The van der Waals surface area contributed by atoms with Gasteiger partial charge in [0, 0.05) is 12.5 Å². The smallest absolute Gasteiger partial charge is 0.107 e. The van der Waals surface area contributed by atoms with E-state index in [2.05, 4.69) is 31.0 Å². The minimum atomic E-state index is 0.452. The fraction of sp³-hybridized carbons (Fsp3) is 0.818. The molecule has 0 aromatic rings. The molecule has 0 radical (unpaired) electrons. The topological polar surface area (TPSA) is 21.3 Å². The zero-order valence-electron chi connectivity index (χ0n) is 9.02. The SMILES string of the molecule is CNCCCCOCC#CC(C)C. The first kappa shape index (κ1) is 12.5. The Morgan fingerprint density at radius 3 is 2.69 bits per heavy atom. The van der Waals surface area contributed by atoms with Crippen molar-refractivity contribution < 1.29 is 4.74 Å². The van der Waals surface area contributed by atoms with Gasteiger partial charge < -0.3 is 10.1 Å². The summed E-state index contributed by atoms with van der Waals surface area (Å²) < 4.78 is 5.33. The zero-order chi connectivity index (χ0) is 9.94. The molecule has 1 N–H and O–H groups in total. The van der Waals surface area contributed by atoms with E-state index in [4.69, 9.17) is 4.74 Å². The van der Waals surface area contributed by atoms with E-state index in [0.717, 1.165) is 19.6 Å². The summed E-state index contributed by atoms with van der Waals surface area (Å²) in [5, 5.41) is 3.10. The molecule has 13 heavy (non-hydrogen) atoms. The standard InChI is InChI=1S/C11H21NO/c1-11(2)7-6-10-13-9-5-4-8-12-3/h11-12H,4-5,8-10H2,1-3H3. The molecule has 0 amide bonds. The molecule has 0 aliphatic rings. The third-order valence-corrected chi connectivity index (χ3v) is 1.53. The van der Waals surface area contributed by atoms with Crippen molar-refractivity contribution in [2.75, 3.05) is 26.8 Å². The summed E-state index contributed by atoms with van der Waals surface area (Å²) >= 11 is 0. The molecular weight excluding hydrogens is 162 g/mol. The van der Waals surface area contributed by atoms with E-state index < -0.39 is 0 Å². The largest absolute Gasteiger partial charge is 0.369 e. The second-order valence-corrected chi connectivity index (χ2v) is 3.34. The van der Waals surface area contributed by atoms with Crippen LogP contribution in [0.3, 0.4) is 0 Å². The van der Waals surface area contributed by atoms with Crippen LogP contribution in [0.15, 0.2) is 0 Å². The van der Waals surface area contributed by atoms with Crippen molar-refractivity contribution in [1.29, 1.82) is 0 Å². The molecular formula is C11H21NO. The average molecular weight is 183 g/mol. The molecule has 0 heterocycles. The van der Waals surface area contributed by atoms with Gasteiger partial charge in [0.25, 0.3) is 0 Å². The highest BCUT2D eigenvalue weighted by atomic mass is 16.5. The quantitative estimate of drug-likeness (QED) is 0.499. The second kappa shape index (κ2) is 9.57. The molecule has 0 unspecified atom stereocenters. The first-order valence-corrected chi connectivity index (χ1v) is 4.98. The van der Waals surface area contributed by atoms with Crippen LogP contribution in [0.25, 0.3) is 0 Å². The van der Waals surface area contributed by atoms with Crippen molar-refractivity contribution in [2.45, 2.75) is 26.7 Å². The highest BCUT2D eigenvalue weighted by Gasteiger charge is 1.86. The molecule has 76 valence electrons. The van der Waals surface area contributed by atoms with E-state index in [-0.39, 0.29) is 0 Å². The molecule has 0 bridgehead atoms. The fourth-order valence-corrected chi connectivity index (χ4v) is 0.875. The molecule has 0 fully saturated rings. The third-order valence-electron chi connectivity index (χ3n) is 1.53. The van der Waals surface area contributed by atoms with Crippen LogP contribution in [-0.4, -0.2) is 26.8 Å². The first-order valence-electron chi connectivity index (χ1n) is 4.98. The summed E-state index contributed by atoms with van der Waals surface area (Å²) in [5.74, 6) is 6.50. The van der Waals surface area contributed by atoms with E-state index in [1.54, 1.807) is 0 Å². The van der Waals surface area contributed by atoms with Gasteiger partial charge in [-0.15, -0.1) is 0 Å². The summed E-state index contributed by atoms with van der Waals surface area (Å²) in [6, 6.07) is 0. The van der Waals surface area contributed by atoms with Gasteiger partial charge in [0.1, 0.15) is 6.61 Å². The van der Waals surface area contributed by atoms with Gasteiger partial charge in [0.05, 0.1) is 0 Å². The summed E-state index contributed by atoms with van der Waals surface area (Å²) in [6.45, 7) is 6.65. The van der Waals surface area contributed by atoms with Crippen molar-refractivity contribution >= 4 is 0 Å². The Morgan fingerprint density at radius 2 is 2.08 bits per heavy atom. The maximum absolute atomic E-state index is 5.33. The Kier molecular flexibility index (Phi) is 9.18. The molecule has 2 heteroatoms. The second-order valence-electron chi connectivity index (χ2n) is 3.34. The Bertz CT molecular complexity index is 155. The number of rotatable bonds is 6. The van der Waals surface area contributed by atoms with Gasteiger partial charge in [0.2, 0.25) is 0 Å². The lowest BCUT2D eigenvalue weighted by Gasteiger charge is -1.99. The van der Waals surface area contributed by atoms with Crippen LogP contribution in [0.5, 0.6) is 0 Å². The monoisotopic (exact) mass is 183 g/mol. The van der Waals surface area contributed by atoms with Crippen molar-refractivity contribution in [2.24, 2.45) is 5.92 Å². The van der Waals surface area contributed by atoms with Crippen LogP contribution >= 0.6 is 0 Å².